The normalized spacial score (nSPS) is 29.2. The molecule has 9 atom stereocenters. The first kappa shape index (κ1) is 49.0. The van der Waals surface area contributed by atoms with Gasteiger partial charge in [0, 0.05) is 87.3 Å². The second-order valence-electron chi connectivity index (χ2n) is 16.7. The molecule has 0 aromatic heterocycles. The molecule has 0 radical (unpaired) electrons. The maximum Gasteiger partial charge on any atom is 0.469 e. The number of amides is 1. The maximum absolute atomic E-state index is 14.5. The number of phenols is 3. The quantitative estimate of drug-likeness (QED) is 0.0694. The minimum Gasteiger partial charge on any atom is -0.507 e. The third-order valence-corrected chi connectivity index (χ3v) is 12.6. The van der Waals surface area contributed by atoms with Crippen molar-refractivity contribution in [2.75, 3.05) is 45.7 Å². The molecule has 346 valence electrons. The molecule has 20 heteroatoms. The molecule has 0 unspecified atom stereocenters. The average molecular weight is 903 g/mol. The van der Waals surface area contributed by atoms with Gasteiger partial charge < -0.3 is 59.4 Å². The van der Waals surface area contributed by atoms with Gasteiger partial charge in [-0.25, -0.2) is 4.57 Å². The molecule has 0 aliphatic carbocycles. The van der Waals surface area contributed by atoms with Crippen LogP contribution in [0.3, 0.4) is 0 Å². The first-order valence-corrected chi connectivity index (χ1v) is 22.1. The largest absolute Gasteiger partial charge is 0.507 e. The van der Waals surface area contributed by atoms with Crippen LogP contribution in [0.25, 0.3) is 10.8 Å². The number of phenolic OH excluding ortho intramolecular Hbond substituents is 3. The van der Waals surface area contributed by atoms with E-state index in [-0.39, 0.29) is 44.5 Å². The smallest absolute Gasteiger partial charge is 0.469 e. The van der Waals surface area contributed by atoms with Gasteiger partial charge in [0.15, 0.2) is 5.75 Å². The number of aromatic hydroxyl groups is 3. The zero-order chi connectivity index (χ0) is 46.9. The lowest BCUT2D eigenvalue weighted by Crippen LogP contribution is -2.47. The van der Waals surface area contributed by atoms with Gasteiger partial charge in [0.25, 0.3) is 11.7 Å². The number of ketones is 1. The van der Waals surface area contributed by atoms with Crippen LogP contribution in [0.4, 0.5) is 5.69 Å². The monoisotopic (exact) mass is 902 g/mol. The highest BCUT2D eigenvalue weighted by molar-refractivity contribution is 7.46. The summed E-state index contributed by atoms with van der Waals surface area (Å²) in [4.78, 5) is 62.7. The van der Waals surface area contributed by atoms with E-state index in [9.17, 15) is 49.2 Å². The Hall–Kier alpha value is -5.01. The Labute approximate surface area is 365 Å². The number of aliphatic hydroxyl groups excluding tert-OH is 1. The zero-order valence-electron chi connectivity index (χ0n) is 37.1. The maximum atomic E-state index is 14.5. The molecule has 6 rings (SSSR count). The number of nitrogens with zero attached hydrogens (tertiary/aromatic N) is 3. The van der Waals surface area contributed by atoms with E-state index >= 15 is 0 Å². The van der Waals surface area contributed by atoms with Crippen molar-refractivity contribution in [1.29, 1.82) is 0 Å². The molecule has 0 spiro atoms. The summed E-state index contributed by atoms with van der Waals surface area (Å²) in [5, 5.41) is 55.7. The van der Waals surface area contributed by atoms with E-state index in [0.29, 0.717) is 26.2 Å². The molecule has 4 heterocycles. The predicted octanol–water partition coefficient (Wildman–Crippen LogP) is 4.45. The first-order valence-electron chi connectivity index (χ1n) is 20.5. The second-order valence-corrected chi connectivity index (χ2v) is 17.9. The van der Waals surface area contributed by atoms with E-state index in [1.807, 2.05) is 7.05 Å². The molecule has 5 bridgehead atoms. The number of anilines is 1. The van der Waals surface area contributed by atoms with Crippen molar-refractivity contribution in [3.63, 3.8) is 0 Å². The number of ether oxygens (including phenoxy) is 4. The Morgan fingerprint density at radius 1 is 0.968 bits per heavy atom. The van der Waals surface area contributed by atoms with Crippen molar-refractivity contribution < 1.29 is 72.6 Å². The van der Waals surface area contributed by atoms with E-state index in [1.54, 1.807) is 25.8 Å². The summed E-state index contributed by atoms with van der Waals surface area (Å²) in [7, 11) is -1.79. The van der Waals surface area contributed by atoms with Gasteiger partial charge in [-0.05, 0) is 27.0 Å². The highest BCUT2D eigenvalue weighted by Crippen LogP contribution is 2.55. The van der Waals surface area contributed by atoms with Crippen LogP contribution in [0.5, 0.6) is 23.0 Å². The lowest BCUT2D eigenvalue weighted by atomic mass is 9.78. The van der Waals surface area contributed by atoms with E-state index in [2.05, 4.69) is 15.3 Å². The molecule has 4 aliphatic heterocycles. The van der Waals surface area contributed by atoms with Crippen LogP contribution in [0.15, 0.2) is 41.2 Å². The number of aliphatic hydroxyl groups is 1. The van der Waals surface area contributed by atoms with Crippen molar-refractivity contribution >= 4 is 48.2 Å². The third kappa shape index (κ3) is 10.4. The molecule has 1 saturated heterocycles. The molecule has 19 nitrogen and oxygen atoms in total. The number of rotatable bonds is 6. The van der Waals surface area contributed by atoms with Crippen LogP contribution in [-0.2, 0) is 32.9 Å². The van der Waals surface area contributed by atoms with Crippen LogP contribution in [0.2, 0.25) is 0 Å². The van der Waals surface area contributed by atoms with Crippen molar-refractivity contribution in [1.82, 2.24) is 9.91 Å². The number of nitrogens with one attached hydrogen (secondary N) is 1. The van der Waals surface area contributed by atoms with E-state index in [1.165, 1.54) is 72.2 Å². The standard InChI is InChI=1S/C43H59N4O15P/c1-21-12-11-13-22(2)42(54)45-33-28(20-44-47-17-15-46(9)16-18-47)36(51)30-31(37(33)52)35(50)26(6)40-32(30)41(53)43(8,61-40)59-19-14-29(58-10)23(3)39(60-27(7)48)25(5)34(49)24(4)38(21)62-63(55,56)57/h11-14,19-21,23-25,29,34,38-39,49-52H,15-18H2,1-10H3,(H,45,54)(H2,55,56,57)/b12-11?,19-14?,22-13?,44-20+/t21-,23+,24-,25+,29-,34+,38-,39+,43-/m0/s1. The van der Waals surface area contributed by atoms with Crippen LogP contribution >= 0.6 is 7.82 Å². The molecule has 0 saturated carbocycles. The van der Waals surface area contributed by atoms with Gasteiger partial charge >= 0.3 is 19.6 Å². The van der Waals surface area contributed by atoms with Crippen molar-refractivity contribution in [2.24, 2.45) is 28.8 Å². The molecule has 1 amide bonds. The number of esters is 1. The van der Waals surface area contributed by atoms with Crippen LogP contribution < -0.4 is 10.1 Å². The Bertz CT molecular complexity index is 2270. The van der Waals surface area contributed by atoms with Gasteiger partial charge in [-0.15, -0.1) is 0 Å². The highest BCUT2D eigenvalue weighted by Gasteiger charge is 2.50. The fraction of sp³-hybridized carbons (Fsp3) is 0.535. The fourth-order valence-electron chi connectivity index (χ4n) is 8.26. The number of methoxy groups -OCH3 is 1. The zero-order valence-corrected chi connectivity index (χ0v) is 38.0. The number of fused-ring (bicyclic) bond motifs is 14. The number of hydrogen-bond acceptors (Lipinski definition) is 16. The Morgan fingerprint density at radius 3 is 2.21 bits per heavy atom. The van der Waals surface area contributed by atoms with Gasteiger partial charge in [0.2, 0.25) is 0 Å². The number of Topliss-reactive ketones (excluding diaryl/α,β-unsaturated/α-hetero) is 1. The van der Waals surface area contributed by atoms with Crippen molar-refractivity contribution in [3.05, 3.63) is 52.8 Å². The first-order chi connectivity index (χ1) is 29.4. The van der Waals surface area contributed by atoms with Gasteiger partial charge in [0.05, 0.1) is 53.0 Å². The van der Waals surface area contributed by atoms with E-state index in [0.717, 1.165) is 6.26 Å². The third-order valence-electron chi connectivity index (χ3n) is 12.1. The molecule has 2 aromatic carbocycles. The summed E-state index contributed by atoms with van der Waals surface area (Å²) >= 11 is 0. The van der Waals surface area contributed by atoms with Crippen molar-refractivity contribution in [2.45, 2.75) is 85.6 Å². The van der Waals surface area contributed by atoms with Gasteiger partial charge in [0.1, 0.15) is 23.4 Å². The summed E-state index contributed by atoms with van der Waals surface area (Å²) in [6.45, 7) is 14.2. The summed E-state index contributed by atoms with van der Waals surface area (Å²) in [6.07, 6.45) is 3.55. The molecule has 4 aliphatic rings. The molecule has 63 heavy (non-hydrogen) atoms. The van der Waals surface area contributed by atoms with Gasteiger partial charge in [-0.3, -0.25) is 23.9 Å². The predicted molar refractivity (Wildman–Crippen MR) is 231 cm³/mol. The second kappa shape index (κ2) is 19.4. The van der Waals surface area contributed by atoms with Crippen molar-refractivity contribution in [3.8, 4) is 23.0 Å². The minimum absolute atomic E-state index is 0.0178. The summed E-state index contributed by atoms with van der Waals surface area (Å²) < 4.78 is 41.0. The number of carbonyl (C=O) groups excluding carboxylic acids is 3. The number of allylic oxidation sites excluding steroid dienone is 2. The number of carbonyl (C=O) groups is 3. The highest BCUT2D eigenvalue weighted by atomic mass is 31.2. The molecular formula is C43H59N4O15P. The SMILES string of the molecule is CO[C@H]1C=CO[C@@]2(C)Oc3c(C)c(O)c4c(O)c(c(/C=N/N5CCN(C)CC5)c(O)c4c3C2=O)NC(=O)C(C)=CC=C[C@H](C)[C@H](OP(=O)(O)O)[C@@H](C)[C@@H](O)[C@@H](C)[C@H](OC(C)=O)[C@@H]1C. The summed E-state index contributed by atoms with van der Waals surface area (Å²) in [5.41, 5.74) is -0.656. The molecule has 7 N–H and O–H groups in total. The Morgan fingerprint density at radius 2 is 1.60 bits per heavy atom. The van der Waals surface area contributed by atoms with E-state index < -0.39 is 96.6 Å². The van der Waals surface area contributed by atoms with Crippen LogP contribution in [0, 0.1) is 30.6 Å². The number of hydrazone groups is 1. The van der Waals surface area contributed by atoms with Gasteiger partial charge in [-0.1, -0.05) is 45.9 Å². The number of hydrogen-bond donors (Lipinski definition) is 7. The molecular weight excluding hydrogens is 843 g/mol. The Kier molecular flexibility index (Phi) is 15.1. The number of phosphoric acid groups is 1. The average Bonchev–Trinajstić information content (AvgIpc) is 3.48. The lowest BCUT2D eigenvalue weighted by Gasteiger charge is -2.39. The molecule has 2 aromatic rings. The number of benzene rings is 2. The number of piperazine rings is 1. The van der Waals surface area contributed by atoms with Crippen LogP contribution in [0.1, 0.15) is 70.0 Å². The number of phosphoric ester groups is 1. The minimum atomic E-state index is -5.14. The molecule has 1 fully saturated rings. The lowest BCUT2D eigenvalue weighted by molar-refractivity contribution is -0.160. The fourth-order valence-corrected chi connectivity index (χ4v) is 8.96. The topological polar surface area (TPSA) is 267 Å². The van der Waals surface area contributed by atoms with Crippen LogP contribution in [-0.4, -0.2) is 135 Å². The summed E-state index contributed by atoms with van der Waals surface area (Å²) in [5.74, 6) is -9.71. The van der Waals surface area contributed by atoms with Gasteiger partial charge in [-0.2, -0.15) is 5.10 Å². The number of likely N-dealkylation sites (N-methyl/N-ethyl adjacent to an activating group) is 1. The summed E-state index contributed by atoms with van der Waals surface area (Å²) in [6, 6.07) is 0. The Balaban J connectivity index is 1.73. The van der Waals surface area contributed by atoms with E-state index in [4.69, 9.17) is 23.5 Å².